The lowest BCUT2D eigenvalue weighted by Gasteiger charge is -2.22. The fourth-order valence-corrected chi connectivity index (χ4v) is 3.01. The zero-order chi connectivity index (χ0) is 15.8. The first-order chi connectivity index (χ1) is 9.07. The predicted octanol–water partition coefficient (Wildman–Crippen LogP) is 2.78. The number of hydrogen-bond acceptors (Lipinski definition) is 3. The van der Waals surface area contributed by atoms with Crippen LogP contribution in [0.3, 0.4) is 0 Å². The smallest absolute Gasteiger partial charge is 0.388 e. The van der Waals surface area contributed by atoms with Crippen molar-refractivity contribution in [1.29, 1.82) is 0 Å². The first kappa shape index (κ1) is 19.2. The van der Waals surface area contributed by atoms with Crippen molar-refractivity contribution in [1.82, 2.24) is 0 Å². The van der Waals surface area contributed by atoms with Crippen molar-refractivity contribution < 1.29 is 27.1 Å². The number of hydrogen-bond donors (Lipinski definition) is 0. The summed E-state index contributed by atoms with van der Waals surface area (Å²) < 4.78 is 46.9. The van der Waals surface area contributed by atoms with Crippen molar-refractivity contribution in [2.24, 2.45) is 0 Å². The van der Waals surface area contributed by atoms with Gasteiger partial charge in [0.15, 0.2) is 0 Å². The van der Waals surface area contributed by atoms with Gasteiger partial charge in [-0.2, -0.15) is 13.2 Å². The maximum absolute atomic E-state index is 12.2. The van der Waals surface area contributed by atoms with Gasteiger partial charge in [0.1, 0.15) is 0 Å². The maximum Gasteiger partial charge on any atom is 0.388 e. The third kappa shape index (κ3) is 10.1. The molecule has 8 heteroatoms. The molecule has 0 aromatic rings. The summed E-state index contributed by atoms with van der Waals surface area (Å²) in [6, 6.07) is 1.03. The molecule has 0 fully saturated rings. The van der Waals surface area contributed by atoms with Crippen molar-refractivity contribution in [3.05, 3.63) is 11.8 Å². The van der Waals surface area contributed by atoms with E-state index in [4.69, 9.17) is 9.16 Å². The van der Waals surface area contributed by atoms with Crippen LogP contribution in [-0.2, 0) is 14.0 Å². The molecule has 0 aliphatic heterocycles. The van der Waals surface area contributed by atoms with Gasteiger partial charge in [-0.05, 0) is 32.5 Å². The summed E-state index contributed by atoms with van der Waals surface area (Å²) in [5.74, 6) is -0.472. The molecule has 0 saturated heterocycles. The number of ether oxygens (including phenoxy) is 1. The van der Waals surface area contributed by atoms with Gasteiger partial charge in [0.2, 0.25) is 8.32 Å². The van der Waals surface area contributed by atoms with Crippen LogP contribution < -0.4 is 0 Å². The molecule has 0 aliphatic rings. The Labute approximate surface area is 122 Å². The molecular weight excluding hydrogens is 305 g/mol. The number of halogens is 3. The topological polar surface area (TPSA) is 35.5 Å². The second-order valence-corrected chi connectivity index (χ2v) is 10.5. The van der Waals surface area contributed by atoms with Gasteiger partial charge in [-0.25, -0.2) is 4.79 Å². The predicted molar refractivity (Wildman–Crippen MR) is 78.1 cm³/mol. The van der Waals surface area contributed by atoms with Gasteiger partial charge in [-0.15, -0.1) is 0 Å². The molecule has 0 N–H and O–H groups in total. The Morgan fingerprint density at radius 3 is 2.45 bits per heavy atom. The minimum Gasteiger partial charge on any atom is -0.549 e. The van der Waals surface area contributed by atoms with Crippen LogP contribution in [0.25, 0.3) is 0 Å². The van der Waals surface area contributed by atoms with Crippen LogP contribution in [0.4, 0.5) is 13.2 Å². The Kier molecular flexibility index (Phi) is 8.18. The Bertz CT molecular complexity index is 341. The normalized spacial score (nSPS) is 13.4. The molecule has 0 unspecified atom stereocenters. The highest BCUT2D eigenvalue weighted by Gasteiger charge is 2.33. The Morgan fingerprint density at radius 1 is 1.35 bits per heavy atom. The summed E-state index contributed by atoms with van der Waals surface area (Å²) in [5, 5.41) is 0. The minimum absolute atomic E-state index is 0.0320. The van der Waals surface area contributed by atoms with Gasteiger partial charge in [0, 0.05) is 16.7 Å². The van der Waals surface area contributed by atoms with Crippen molar-refractivity contribution in [3.63, 3.8) is 0 Å². The van der Waals surface area contributed by atoms with Crippen molar-refractivity contribution in [2.75, 3.05) is 6.61 Å². The molecule has 0 aromatic heterocycles. The van der Waals surface area contributed by atoms with Crippen LogP contribution in [0.2, 0.25) is 25.2 Å². The van der Waals surface area contributed by atoms with Gasteiger partial charge >= 0.3 is 12.1 Å². The summed E-state index contributed by atoms with van der Waals surface area (Å²) in [6.45, 7) is 5.30. The van der Waals surface area contributed by atoms with E-state index in [0.717, 1.165) is 22.7 Å². The molecule has 0 bridgehead atoms. The van der Waals surface area contributed by atoms with E-state index in [-0.39, 0.29) is 11.6 Å². The van der Waals surface area contributed by atoms with Crippen LogP contribution in [0.5, 0.6) is 0 Å². The fraction of sp³-hybridized carbons (Fsp3) is 0.750. The van der Waals surface area contributed by atoms with E-state index in [1.54, 1.807) is 13.1 Å². The lowest BCUT2D eigenvalue weighted by molar-refractivity contribution is -0.139. The van der Waals surface area contributed by atoms with Crippen molar-refractivity contribution in [3.8, 4) is 0 Å². The largest absolute Gasteiger partial charge is 0.549 e. The standard InChI is InChI=1S/C12H23F3O3Si2/c1-10(11(16)17-6-4-7-19)9-18-20(2,3)8-5-12(13,14)15/h9H,4-8H2,1-3,19H3. The molecule has 0 atom stereocenters. The molecule has 20 heavy (non-hydrogen) atoms. The van der Waals surface area contributed by atoms with Gasteiger partial charge in [-0.1, -0.05) is 6.04 Å². The maximum atomic E-state index is 12.2. The molecule has 118 valence electrons. The van der Waals surface area contributed by atoms with Gasteiger partial charge < -0.3 is 9.16 Å². The third-order valence-corrected chi connectivity index (χ3v) is 5.54. The number of carbonyl (C=O) groups is 1. The zero-order valence-electron chi connectivity index (χ0n) is 12.5. The number of rotatable bonds is 8. The highest BCUT2D eigenvalue weighted by Crippen LogP contribution is 2.26. The average Bonchev–Trinajstić information content (AvgIpc) is 2.33. The molecule has 0 rings (SSSR count). The highest BCUT2D eigenvalue weighted by molar-refractivity contribution is 6.71. The zero-order valence-corrected chi connectivity index (χ0v) is 15.5. The molecule has 0 amide bonds. The summed E-state index contributed by atoms with van der Waals surface area (Å²) in [5.41, 5.74) is 0.283. The van der Waals surface area contributed by atoms with E-state index in [0.29, 0.717) is 6.61 Å². The first-order valence-corrected chi connectivity index (χ1v) is 11.2. The van der Waals surface area contributed by atoms with E-state index in [1.165, 1.54) is 13.2 Å². The number of esters is 1. The van der Waals surface area contributed by atoms with Crippen LogP contribution in [-0.4, -0.2) is 37.3 Å². The second-order valence-electron chi connectivity index (χ2n) is 5.28. The quantitative estimate of drug-likeness (QED) is 0.226. The molecule has 0 spiro atoms. The molecule has 0 heterocycles. The monoisotopic (exact) mass is 328 g/mol. The van der Waals surface area contributed by atoms with Crippen LogP contribution in [0, 0.1) is 0 Å². The van der Waals surface area contributed by atoms with E-state index in [1.807, 2.05) is 0 Å². The molecule has 0 aliphatic carbocycles. The molecule has 0 saturated carbocycles. The molecule has 0 radical (unpaired) electrons. The van der Waals surface area contributed by atoms with E-state index in [9.17, 15) is 18.0 Å². The van der Waals surface area contributed by atoms with E-state index < -0.39 is 26.9 Å². The lowest BCUT2D eigenvalue weighted by atomic mass is 10.3. The van der Waals surface area contributed by atoms with Gasteiger partial charge in [-0.3, -0.25) is 0 Å². The highest BCUT2D eigenvalue weighted by atomic mass is 28.4. The van der Waals surface area contributed by atoms with Gasteiger partial charge in [0.25, 0.3) is 0 Å². The van der Waals surface area contributed by atoms with Crippen molar-refractivity contribution in [2.45, 2.75) is 51.1 Å². The summed E-state index contributed by atoms with van der Waals surface area (Å²) in [6.07, 6.45) is -2.94. The third-order valence-electron chi connectivity index (χ3n) is 2.62. The van der Waals surface area contributed by atoms with Crippen LogP contribution in [0.15, 0.2) is 11.8 Å². The Hall–Kier alpha value is -0.766. The number of alkyl halides is 3. The average molecular weight is 328 g/mol. The van der Waals surface area contributed by atoms with Crippen LogP contribution >= 0.6 is 0 Å². The SMILES string of the molecule is CC(=CO[Si](C)(C)CCC(F)(F)F)C(=O)OCCC[SiH3]. The van der Waals surface area contributed by atoms with E-state index >= 15 is 0 Å². The fourth-order valence-electron chi connectivity index (χ4n) is 1.22. The van der Waals surface area contributed by atoms with Crippen LogP contribution in [0.1, 0.15) is 19.8 Å². The van der Waals surface area contributed by atoms with Gasteiger partial charge in [0.05, 0.1) is 18.4 Å². The first-order valence-electron chi connectivity index (χ1n) is 6.66. The Morgan fingerprint density at radius 2 is 1.95 bits per heavy atom. The molecule has 3 nitrogen and oxygen atoms in total. The summed E-state index contributed by atoms with van der Waals surface area (Å²) >= 11 is 0. The molecule has 0 aromatic carbocycles. The minimum atomic E-state index is -4.17. The number of carbonyl (C=O) groups excluding carboxylic acids is 1. The van der Waals surface area contributed by atoms with Crippen molar-refractivity contribution >= 4 is 24.5 Å². The Balaban J connectivity index is 4.26. The summed E-state index contributed by atoms with van der Waals surface area (Å²) in [4.78, 5) is 11.5. The summed E-state index contributed by atoms with van der Waals surface area (Å²) in [7, 11) is -1.39. The van der Waals surface area contributed by atoms with E-state index in [2.05, 4.69) is 0 Å². The lowest BCUT2D eigenvalue weighted by Crippen LogP contribution is -2.30. The second kappa shape index (κ2) is 8.50. The molecular formula is C12H23F3O3Si2.